The van der Waals surface area contributed by atoms with Crippen LogP contribution in [0.1, 0.15) is 25.3 Å². The summed E-state index contributed by atoms with van der Waals surface area (Å²) in [5.74, 6) is 0.233. The van der Waals surface area contributed by atoms with Gasteiger partial charge in [0, 0.05) is 18.0 Å². The lowest BCUT2D eigenvalue weighted by Gasteiger charge is -2.36. The first-order valence-electron chi connectivity index (χ1n) is 6.81. The Labute approximate surface area is 118 Å². The second kappa shape index (κ2) is 4.84. The number of amides is 1. The van der Waals surface area contributed by atoms with Crippen LogP contribution in [0.5, 0.6) is 0 Å². The molecule has 1 N–H and O–H groups in total. The fourth-order valence-corrected chi connectivity index (χ4v) is 4.01. The summed E-state index contributed by atoms with van der Waals surface area (Å²) in [4.78, 5) is 15.7. The van der Waals surface area contributed by atoms with Gasteiger partial charge in [0.25, 0.3) is 0 Å². The number of piperidine rings is 1. The van der Waals surface area contributed by atoms with Crippen LogP contribution < -0.4 is 0 Å². The molecule has 1 amide bonds. The van der Waals surface area contributed by atoms with Gasteiger partial charge >= 0.3 is 0 Å². The summed E-state index contributed by atoms with van der Waals surface area (Å²) in [5, 5.41) is 9.97. The Morgan fingerprint density at radius 1 is 1.37 bits per heavy atom. The molecule has 102 valence electrons. The van der Waals surface area contributed by atoms with Crippen molar-refractivity contribution >= 4 is 17.7 Å². The van der Waals surface area contributed by atoms with E-state index in [0.717, 1.165) is 6.42 Å². The minimum atomic E-state index is -0.595. The molecule has 1 fully saturated rings. The van der Waals surface area contributed by atoms with E-state index in [2.05, 4.69) is 12.1 Å². The zero-order chi connectivity index (χ0) is 13.5. The molecule has 0 saturated carbocycles. The number of hydrogen-bond acceptors (Lipinski definition) is 3. The number of aliphatic hydroxyl groups is 1. The van der Waals surface area contributed by atoms with Gasteiger partial charge < -0.3 is 10.0 Å². The highest BCUT2D eigenvalue weighted by atomic mass is 32.2. The van der Waals surface area contributed by atoms with E-state index < -0.39 is 5.60 Å². The molecule has 1 atom stereocenters. The maximum Gasteiger partial charge on any atom is 0.236 e. The van der Waals surface area contributed by atoms with Gasteiger partial charge in [-0.1, -0.05) is 18.2 Å². The first kappa shape index (κ1) is 13.0. The topological polar surface area (TPSA) is 40.5 Å². The van der Waals surface area contributed by atoms with Crippen molar-refractivity contribution in [1.29, 1.82) is 0 Å². The average Bonchev–Trinajstić information content (AvgIpc) is 2.81. The quantitative estimate of drug-likeness (QED) is 0.854. The Hall–Kier alpha value is -1.00. The molecule has 3 rings (SSSR count). The van der Waals surface area contributed by atoms with Crippen molar-refractivity contribution in [2.75, 3.05) is 13.1 Å². The van der Waals surface area contributed by atoms with E-state index in [1.165, 1.54) is 10.5 Å². The maximum atomic E-state index is 12.5. The summed E-state index contributed by atoms with van der Waals surface area (Å²) >= 11 is 1.68. The second-order valence-corrected chi connectivity index (χ2v) is 6.99. The monoisotopic (exact) mass is 277 g/mol. The summed E-state index contributed by atoms with van der Waals surface area (Å²) in [6.45, 7) is 3.22. The molecule has 2 heterocycles. The zero-order valence-corrected chi connectivity index (χ0v) is 11.9. The van der Waals surface area contributed by atoms with Gasteiger partial charge in [-0.3, -0.25) is 4.79 Å². The lowest BCUT2D eigenvalue weighted by atomic mass is 9.93. The van der Waals surface area contributed by atoms with Crippen molar-refractivity contribution in [2.24, 2.45) is 0 Å². The Kier molecular flexibility index (Phi) is 3.31. The minimum absolute atomic E-state index is 0.0282. The van der Waals surface area contributed by atoms with Gasteiger partial charge in [0.1, 0.15) is 0 Å². The highest BCUT2D eigenvalue weighted by Crippen LogP contribution is 2.38. The average molecular weight is 277 g/mol. The number of benzene rings is 1. The molecule has 0 spiro atoms. The number of thioether (sulfide) groups is 1. The van der Waals surface area contributed by atoms with Crippen molar-refractivity contribution in [2.45, 2.75) is 41.9 Å². The van der Waals surface area contributed by atoms with Crippen molar-refractivity contribution < 1.29 is 9.90 Å². The van der Waals surface area contributed by atoms with E-state index >= 15 is 0 Å². The third-order valence-electron chi connectivity index (χ3n) is 4.07. The Balaban J connectivity index is 1.64. The van der Waals surface area contributed by atoms with E-state index in [1.54, 1.807) is 11.8 Å². The maximum absolute atomic E-state index is 12.5. The minimum Gasteiger partial charge on any atom is -0.390 e. The largest absolute Gasteiger partial charge is 0.390 e. The molecule has 1 aromatic rings. The molecule has 4 heteroatoms. The second-order valence-electron chi connectivity index (χ2n) is 5.74. The molecule has 0 aliphatic carbocycles. The van der Waals surface area contributed by atoms with Crippen LogP contribution in [-0.4, -0.2) is 39.9 Å². The fourth-order valence-electron chi connectivity index (χ4n) is 2.73. The van der Waals surface area contributed by atoms with Crippen LogP contribution in [0, 0.1) is 0 Å². The van der Waals surface area contributed by atoms with Gasteiger partial charge in [0.15, 0.2) is 0 Å². The number of fused-ring (bicyclic) bond motifs is 1. The molecular weight excluding hydrogens is 258 g/mol. The van der Waals surface area contributed by atoms with Crippen LogP contribution in [0.3, 0.4) is 0 Å². The van der Waals surface area contributed by atoms with Crippen LogP contribution in [0.2, 0.25) is 0 Å². The first-order chi connectivity index (χ1) is 9.05. The van der Waals surface area contributed by atoms with E-state index in [4.69, 9.17) is 0 Å². The predicted molar refractivity (Wildman–Crippen MR) is 76.2 cm³/mol. The van der Waals surface area contributed by atoms with Crippen LogP contribution in [0.4, 0.5) is 0 Å². The van der Waals surface area contributed by atoms with E-state index in [-0.39, 0.29) is 11.2 Å². The van der Waals surface area contributed by atoms with Gasteiger partial charge in [-0.05, 0) is 37.8 Å². The number of likely N-dealkylation sites (tertiary alicyclic amines) is 1. The van der Waals surface area contributed by atoms with Crippen molar-refractivity contribution in [3.8, 4) is 0 Å². The van der Waals surface area contributed by atoms with Crippen molar-refractivity contribution in [3.63, 3.8) is 0 Å². The lowest BCUT2D eigenvalue weighted by Crippen LogP contribution is -2.47. The van der Waals surface area contributed by atoms with E-state index in [9.17, 15) is 9.90 Å². The van der Waals surface area contributed by atoms with Crippen LogP contribution in [0.15, 0.2) is 29.2 Å². The lowest BCUT2D eigenvalue weighted by molar-refractivity contribution is -0.134. The SMILES string of the molecule is CC1(O)CCN(C(=O)C2Cc3ccccc3S2)CC1. The molecule has 0 radical (unpaired) electrons. The predicted octanol–water partition coefficient (Wildman–Crippen LogP) is 2.08. The fraction of sp³-hybridized carbons (Fsp3) is 0.533. The van der Waals surface area contributed by atoms with Crippen LogP contribution in [0.25, 0.3) is 0 Å². The summed E-state index contributed by atoms with van der Waals surface area (Å²) < 4.78 is 0. The zero-order valence-electron chi connectivity index (χ0n) is 11.1. The molecule has 1 unspecified atom stereocenters. The van der Waals surface area contributed by atoms with Gasteiger partial charge in [-0.25, -0.2) is 0 Å². The van der Waals surface area contributed by atoms with E-state index in [1.807, 2.05) is 24.0 Å². The first-order valence-corrected chi connectivity index (χ1v) is 7.69. The number of nitrogens with zero attached hydrogens (tertiary/aromatic N) is 1. The summed E-state index contributed by atoms with van der Waals surface area (Å²) in [6, 6.07) is 8.26. The van der Waals surface area contributed by atoms with Gasteiger partial charge in [0.05, 0.1) is 10.9 Å². The molecule has 2 aliphatic heterocycles. The molecule has 0 aromatic heterocycles. The molecule has 1 aromatic carbocycles. The van der Waals surface area contributed by atoms with Crippen molar-refractivity contribution in [1.82, 2.24) is 4.90 Å². The number of rotatable bonds is 1. The summed E-state index contributed by atoms with van der Waals surface area (Å²) in [6.07, 6.45) is 2.21. The number of carbonyl (C=O) groups is 1. The molecule has 0 bridgehead atoms. The highest BCUT2D eigenvalue weighted by Gasteiger charge is 2.35. The van der Waals surface area contributed by atoms with Gasteiger partial charge in [0.2, 0.25) is 5.91 Å². The van der Waals surface area contributed by atoms with E-state index in [0.29, 0.717) is 25.9 Å². The third-order valence-corrected chi connectivity index (χ3v) is 5.38. The number of carbonyl (C=O) groups excluding carboxylic acids is 1. The van der Waals surface area contributed by atoms with Crippen LogP contribution >= 0.6 is 11.8 Å². The Bertz CT molecular complexity index is 466. The van der Waals surface area contributed by atoms with Gasteiger partial charge in [-0.15, -0.1) is 11.8 Å². The summed E-state index contributed by atoms with van der Waals surface area (Å²) in [5.41, 5.74) is 0.692. The van der Waals surface area contributed by atoms with Gasteiger partial charge in [-0.2, -0.15) is 0 Å². The smallest absolute Gasteiger partial charge is 0.236 e. The normalized spacial score (nSPS) is 25.2. The molecule has 3 nitrogen and oxygen atoms in total. The standard InChI is InChI=1S/C15H19NO2S/c1-15(18)6-8-16(9-7-15)14(17)13-10-11-4-2-3-5-12(11)19-13/h2-5,13,18H,6-10H2,1H3. The molecule has 1 saturated heterocycles. The highest BCUT2D eigenvalue weighted by molar-refractivity contribution is 8.01. The number of hydrogen-bond donors (Lipinski definition) is 1. The summed E-state index contributed by atoms with van der Waals surface area (Å²) in [7, 11) is 0. The van der Waals surface area contributed by atoms with Crippen LogP contribution in [-0.2, 0) is 11.2 Å². The van der Waals surface area contributed by atoms with Crippen molar-refractivity contribution in [3.05, 3.63) is 29.8 Å². The molecule has 2 aliphatic rings. The molecule has 19 heavy (non-hydrogen) atoms. The molecular formula is C15H19NO2S. The Morgan fingerprint density at radius 3 is 2.74 bits per heavy atom. The Morgan fingerprint density at radius 2 is 2.05 bits per heavy atom. The third kappa shape index (κ3) is 2.65.